The molecule has 0 spiro atoms. The Bertz CT molecular complexity index is 519. The monoisotopic (exact) mass is 602 g/mol. The maximum absolute atomic E-state index is 7.98. The first-order chi connectivity index (χ1) is 17.3. The molecule has 0 aromatic heterocycles. The van der Waals surface area contributed by atoms with Crippen molar-refractivity contribution < 1.29 is 33.0 Å². The van der Waals surface area contributed by atoms with Crippen molar-refractivity contribution >= 4 is 8.32 Å². The van der Waals surface area contributed by atoms with Crippen molar-refractivity contribution in [3.8, 4) is 0 Å². The van der Waals surface area contributed by atoms with Gasteiger partial charge in [-0.25, -0.2) is 0 Å². The Labute approximate surface area is 232 Å². The van der Waals surface area contributed by atoms with Crippen LogP contribution in [0.1, 0.15) is 138 Å². The van der Waals surface area contributed by atoms with Crippen LogP contribution in [0.15, 0.2) is 0 Å². The summed E-state index contributed by atoms with van der Waals surface area (Å²) in [7, 11) is -2.23. The Morgan fingerprint density at radius 1 is 0.500 bits per heavy atom. The molecule has 3 aliphatic rings. The van der Waals surface area contributed by atoms with E-state index in [1.165, 1.54) is 96.3 Å². The summed E-state index contributed by atoms with van der Waals surface area (Å²) in [6, 6.07) is 0. The van der Waals surface area contributed by atoms with Crippen molar-refractivity contribution in [3.63, 3.8) is 0 Å². The Hall–Kier alpha value is 0.940. The standard InChI is InChI=1S/C18H33OSi.3C4H9O.Zr/c19-20(16-10-4-1-5-11-16,17-12-6-2-7-13-17)18-14-8-3-9-15-18;3*1-4(2)3-5;/h16-18H,1-15H2;3*4H,3H2,1-2H3;/q4*-1;+4. The van der Waals surface area contributed by atoms with Crippen LogP contribution in [0.2, 0.25) is 16.6 Å². The molecule has 3 rings (SSSR count). The minimum absolute atomic E-state index is 0.449. The summed E-state index contributed by atoms with van der Waals surface area (Å²) >= 11 is -4.31. The third-order valence-corrected chi connectivity index (χ3v) is 23.3. The summed E-state index contributed by atoms with van der Waals surface area (Å²) in [4.78, 5) is 0. The van der Waals surface area contributed by atoms with Gasteiger partial charge in [0.25, 0.3) is 0 Å². The molecule has 212 valence electrons. The molecule has 0 bridgehead atoms. The maximum atomic E-state index is 7.98. The zero-order valence-electron chi connectivity index (χ0n) is 24.8. The predicted octanol–water partition coefficient (Wildman–Crippen LogP) is 9.78. The van der Waals surface area contributed by atoms with E-state index in [1.54, 1.807) is 0 Å². The van der Waals surface area contributed by atoms with Gasteiger partial charge in [-0.3, -0.25) is 0 Å². The average Bonchev–Trinajstić information content (AvgIpc) is 2.89. The number of hydrogen-bond acceptors (Lipinski definition) is 4. The van der Waals surface area contributed by atoms with E-state index in [0.717, 1.165) is 16.6 Å². The molecule has 0 N–H and O–H groups in total. The van der Waals surface area contributed by atoms with Crippen molar-refractivity contribution in [2.24, 2.45) is 17.8 Å². The minimum atomic E-state index is -4.31. The van der Waals surface area contributed by atoms with E-state index in [2.05, 4.69) is 41.5 Å². The van der Waals surface area contributed by atoms with Gasteiger partial charge < -0.3 is 0 Å². The predicted molar refractivity (Wildman–Crippen MR) is 150 cm³/mol. The van der Waals surface area contributed by atoms with E-state index in [0.29, 0.717) is 37.6 Å². The van der Waals surface area contributed by atoms with Gasteiger partial charge in [-0.15, -0.1) is 0 Å². The molecule has 3 fully saturated rings. The second kappa shape index (κ2) is 15.7. The van der Waals surface area contributed by atoms with Crippen LogP contribution in [-0.2, 0) is 33.0 Å². The zero-order valence-corrected chi connectivity index (χ0v) is 28.3. The first kappa shape index (κ1) is 31.5. The quantitative estimate of drug-likeness (QED) is 0.185. The molecule has 0 unspecified atom stereocenters. The van der Waals surface area contributed by atoms with E-state index in [9.17, 15) is 0 Å². The van der Waals surface area contributed by atoms with Gasteiger partial charge in [-0.1, -0.05) is 0 Å². The van der Waals surface area contributed by atoms with Gasteiger partial charge in [0.05, 0.1) is 0 Å². The first-order valence-corrected chi connectivity index (χ1v) is 22.0. The van der Waals surface area contributed by atoms with Crippen LogP contribution in [0.3, 0.4) is 0 Å². The molecule has 4 nitrogen and oxygen atoms in total. The van der Waals surface area contributed by atoms with Crippen molar-refractivity contribution in [2.75, 3.05) is 19.8 Å². The van der Waals surface area contributed by atoms with Gasteiger partial charge in [0.2, 0.25) is 0 Å². The molecule has 0 heterocycles. The SMILES string of the molecule is CC(C)C[O][Zr]([O]CC(C)C)([O]CC(C)C)[O][Si](C1CCCCC1)(C1CCCCC1)C1CCCCC1. The molecule has 3 saturated carbocycles. The molecule has 6 heteroatoms. The van der Waals surface area contributed by atoms with Gasteiger partial charge in [-0.05, 0) is 0 Å². The van der Waals surface area contributed by atoms with E-state index in [1.807, 2.05) is 0 Å². The fourth-order valence-electron chi connectivity index (χ4n) is 7.15. The average molecular weight is 604 g/mol. The molecule has 0 saturated heterocycles. The van der Waals surface area contributed by atoms with Crippen LogP contribution in [-0.4, -0.2) is 28.1 Å². The molecule has 0 aromatic rings. The Balaban J connectivity index is 2.07. The van der Waals surface area contributed by atoms with Crippen LogP contribution in [0.25, 0.3) is 0 Å². The molecule has 0 radical (unpaired) electrons. The molecule has 0 amide bonds. The van der Waals surface area contributed by atoms with Gasteiger partial charge in [-0.2, -0.15) is 0 Å². The van der Waals surface area contributed by atoms with Gasteiger partial charge in [0.15, 0.2) is 0 Å². The second-order valence-corrected chi connectivity index (χ2v) is 24.0. The van der Waals surface area contributed by atoms with E-state index in [-0.39, 0.29) is 0 Å². The Morgan fingerprint density at radius 2 is 0.778 bits per heavy atom. The summed E-state index contributed by atoms with van der Waals surface area (Å²) in [6.07, 6.45) is 20.8. The molecule has 3 aliphatic carbocycles. The van der Waals surface area contributed by atoms with Gasteiger partial charge in [0.1, 0.15) is 0 Å². The van der Waals surface area contributed by atoms with Crippen molar-refractivity contribution in [1.29, 1.82) is 0 Å². The molecule has 0 aromatic carbocycles. The molecule has 0 aliphatic heterocycles. The molecule has 36 heavy (non-hydrogen) atoms. The second-order valence-electron chi connectivity index (χ2n) is 13.6. The zero-order chi connectivity index (χ0) is 26.0. The third kappa shape index (κ3) is 8.98. The Kier molecular flexibility index (Phi) is 13.7. The third-order valence-electron chi connectivity index (χ3n) is 8.81. The van der Waals surface area contributed by atoms with Crippen LogP contribution in [0.4, 0.5) is 0 Å². The summed E-state index contributed by atoms with van der Waals surface area (Å²) in [5, 5.41) is 0. The van der Waals surface area contributed by atoms with Gasteiger partial charge in [0, 0.05) is 0 Å². The molecule has 0 atom stereocenters. The van der Waals surface area contributed by atoms with E-state index in [4.69, 9.17) is 10.9 Å². The fraction of sp³-hybridized carbons (Fsp3) is 1.00. The van der Waals surface area contributed by atoms with Crippen LogP contribution >= 0.6 is 0 Å². The van der Waals surface area contributed by atoms with Crippen molar-refractivity contribution in [1.82, 2.24) is 0 Å². The first-order valence-electron chi connectivity index (χ1n) is 15.9. The van der Waals surface area contributed by atoms with Crippen LogP contribution in [0.5, 0.6) is 0 Å². The van der Waals surface area contributed by atoms with Crippen LogP contribution in [0, 0.1) is 17.8 Å². The number of rotatable bonds is 14. The fourth-order valence-corrected chi connectivity index (χ4v) is 27.0. The molecular weight excluding hydrogens is 544 g/mol. The number of hydrogen-bond donors (Lipinski definition) is 0. The summed E-state index contributed by atoms with van der Waals surface area (Å²) < 4.78 is 28.7. The Morgan fingerprint density at radius 3 is 1.03 bits per heavy atom. The molecular formula is C30H60O4SiZr. The summed E-state index contributed by atoms with van der Waals surface area (Å²) in [6.45, 7) is 15.5. The van der Waals surface area contributed by atoms with E-state index < -0.39 is 30.3 Å². The summed E-state index contributed by atoms with van der Waals surface area (Å²) in [5.74, 6) is 1.35. The topological polar surface area (TPSA) is 36.9 Å². The van der Waals surface area contributed by atoms with Crippen LogP contribution < -0.4 is 0 Å². The van der Waals surface area contributed by atoms with Gasteiger partial charge >= 0.3 is 233 Å². The normalized spacial score (nSPS) is 22.2. The van der Waals surface area contributed by atoms with E-state index >= 15 is 0 Å². The summed E-state index contributed by atoms with van der Waals surface area (Å²) in [5.41, 5.74) is 2.30. The van der Waals surface area contributed by atoms with Crippen molar-refractivity contribution in [2.45, 2.75) is 154 Å². The van der Waals surface area contributed by atoms with Crippen molar-refractivity contribution in [3.05, 3.63) is 0 Å².